The lowest BCUT2D eigenvalue weighted by atomic mass is 10.1. The Morgan fingerprint density at radius 1 is 0.833 bits per heavy atom. The van der Waals surface area contributed by atoms with Crippen molar-refractivity contribution in [3.05, 3.63) is 93.4 Å². The largest absolute Gasteiger partial charge is 0.325 e. The summed E-state index contributed by atoms with van der Waals surface area (Å²) in [5, 5.41) is 3.77. The molecule has 2 N–H and O–H groups in total. The second kappa shape index (κ2) is 9.81. The lowest BCUT2D eigenvalue weighted by molar-refractivity contribution is -0.117. The van der Waals surface area contributed by atoms with E-state index in [1.54, 1.807) is 0 Å². The van der Waals surface area contributed by atoms with Gasteiger partial charge in [-0.05, 0) is 54.4 Å². The second-order valence-electron chi connectivity index (χ2n) is 6.46. The molecule has 156 valence electrons. The van der Waals surface area contributed by atoms with E-state index in [0.717, 1.165) is 5.56 Å². The van der Waals surface area contributed by atoms with E-state index in [1.165, 1.54) is 42.5 Å². The van der Waals surface area contributed by atoms with Gasteiger partial charge in [-0.3, -0.25) is 4.79 Å². The normalized spacial score (nSPS) is 12.4. The molecule has 5 nitrogen and oxygen atoms in total. The highest BCUT2D eigenvalue weighted by atomic mass is 35.5. The summed E-state index contributed by atoms with van der Waals surface area (Å²) < 4.78 is 28.1. The Labute approximate surface area is 190 Å². The molecule has 3 aromatic carbocycles. The first-order valence-corrected chi connectivity index (χ1v) is 11.4. The monoisotopic (exact) mass is 482 g/mol. The van der Waals surface area contributed by atoms with E-state index in [1.807, 2.05) is 30.3 Å². The maximum Gasteiger partial charge on any atom is 0.242 e. The standard InChI is InChI=1S/C21H17Cl3N2O3S/c22-15-6-8-19(9-7-15)30(28,29)26-20(10-14-4-2-1-3-5-14)21(27)25-18-12-16(23)11-17(24)13-18/h1-9,11-13,20,26H,10H2,(H,25,27)/t20-/m0/s1. The molecule has 0 aliphatic heterocycles. The van der Waals surface area contributed by atoms with Crippen LogP contribution in [0.25, 0.3) is 0 Å². The molecule has 0 aromatic heterocycles. The van der Waals surface area contributed by atoms with E-state index < -0.39 is 22.0 Å². The number of amides is 1. The summed E-state index contributed by atoms with van der Waals surface area (Å²) in [7, 11) is -3.97. The van der Waals surface area contributed by atoms with Gasteiger partial charge in [0.1, 0.15) is 6.04 Å². The van der Waals surface area contributed by atoms with Gasteiger partial charge in [0.05, 0.1) is 4.90 Å². The van der Waals surface area contributed by atoms with Gasteiger partial charge in [-0.15, -0.1) is 0 Å². The maximum atomic E-state index is 13.0. The molecule has 3 aromatic rings. The number of rotatable bonds is 7. The molecule has 30 heavy (non-hydrogen) atoms. The Bertz CT molecular complexity index is 1120. The first-order chi connectivity index (χ1) is 14.2. The quantitative estimate of drug-likeness (QED) is 0.486. The van der Waals surface area contributed by atoms with E-state index in [-0.39, 0.29) is 11.3 Å². The minimum absolute atomic E-state index is 0.00330. The lowest BCUT2D eigenvalue weighted by Gasteiger charge is -2.19. The minimum atomic E-state index is -3.97. The third kappa shape index (κ3) is 6.20. The average Bonchev–Trinajstić information content (AvgIpc) is 2.67. The van der Waals surface area contributed by atoms with E-state index >= 15 is 0 Å². The molecule has 0 heterocycles. The smallest absolute Gasteiger partial charge is 0.242 e. The number of sulfonamides is 1. The SMILES string of the molecule is O=C(Nc1cc(Cl)cc(Cl)c1)[C@H](Cc1ccccc1)NS(=O)(=O)c1ccc(Cl)cc1. The molecule has 0 fully saturated rings. The second-order valence-corrected chi connectivity index (χ2v) is 9.49. The fraction of sp³-hybridized carbons (Fsp3) is 0.0952. The van der Waals surface area contributed by atoms with Crippen LogP contribution in [-0.4, -0.2) is 20.4 Å². The zero-order valence-corrected chi connectivity index (χ0v) is 18.6. The minimum Gasteiger partial charge on any atom is -0.325 e. The molecule has 0 spiro atoms. The van der Waals surface area contributed by atoms with Crippen LogP contribution in [0.15, 0.2) is 77.7 Å². The molecule has 1 atom stereocenters. The number of benzene rings is 3. The fourth-order valence-electron chi connectivity index (χ4n) is 2.76. The van der Waals surface area contributed by atoms with E-state index in [2.05, 4.69) is 10.0 Å². The third-order valence-electron chi connectivity index (χ3n) is 4.15. The van der Waals surface area contributed by atoms with Gasteiger partial charge in [-0.1, -0.05) is 65.1 Å². The van der Waals surface area contributed by atoms with Gasteiger partial charge in [0.25, 0.3) is 0 Å². The van der Waals surface area contributed by atoms with Crippen LogP contribution in [0.2, 0.25) is 15.1 Å². The summed E-state index contributed by atoms with van der Waals surface area (Å²) in [5.41, 5.74) is 1.15. The van der Waals surface area contributed by atoms with E-state index in [4.69, 9.17) is 34.8 Å². The molecule has 0 saturated carbocycles. The Hall–Kier alpha value is -2.09. The molecular weight excluding hydrogens is 467 g/mol. The Kier molecular flexibility index (Phi) is 7.39. The highest BCUT2D eigenvalue weighted by molar-refractivity contribution is 7.89. The first-order valence-electron chi connectivity index (χ1n) is 8.82. The van der Waals surface area contributed by atoms with Crippen molar-refractivity contribution in [3.63, 3.8) is 0 Å². The van der Waals surface area contributed by atoms with Gasteiger partial charge in [0.2, 0.25) is 15.9 Å². The molecule has 0 aliphatic carbocycles. The number of hydrogen-bond donors (Lipinski definition) is 2. The van der Waals surface area contributed by atoms with Crippen molar-refractivity contribution in [1.82, 2.24) is 4.72 Å². The van der Waals surface area contributed by atoms with Crippen molar-refractivity contribution < 1.29 is 13.2 Å². The molecule has 3 rings (SSSR count). The molecule has 9 heteroatoms. The summed E-state index contributed by atoms with van der Waals surface area (Å²) in [6.45, 7) is 0. The summed E-state index contributed by atoms with van der Waals surface area (Å²) in [6.07, 6.45) is 0.147. The number of nitrogens with one attached hydrogen (secondary N) is 2. The maximum absolute atomic E-state index is 13.0. The molecule has 0 saturated heterocycles. The zero-order chi connectivity index (χ0) is 21.7. The number of hydrogen-bond acceptors (Lipinski definition) is 3. The summed E-state index contributed by atoms with van der Waals surface area (Å²) in [5.74, 6) is -0.547. The van der Waals surface area contributed by atoms with Gasteiger partial charge < -0.3 is 5.32 Å². The lowest BCUT2D eigenvalue weighted by Crippen LogP contribution is -2.45. The number of carbonyl (C=O) groups is 1. The Balaban J connectivity index is 1.87. The van der Waals surface area contributed by atoms with Crippen LogP contribution in [0.1, 0.15) is 5.56 Å². The van der Waals surface area contributed by atoms with Crippen LogP contribution in [0.4, 0.5) is 5.69 Å². The molecular formula is C21H17Cl3N2O3S. The molecule has 0 bridgehead atoms. The number of anilines is 1. The summed E-state index contributed by atoms with van der Waals surface area (Å²) >= 11 is 17.8. The molecule has 0 unspecified atom stereocenters. The number of carbonyl (C=O) groups excluding carboxylic acids is 1. The van der Waals surface area contributed by atoms with Gasteiger partial charge in [-0.2, -0.15) is 4.72 Å². The van der Waals surface area contributed by atoms with Crippen molar-refractivity contribution >= 4 is 56.4 Å². The van der Waals surface area contributed by atoms with Crippen molar-refractivity contribution in [2.75, 3.05) is 5.32 Å². The van der Waals surface area contributed by atoms with Gasteiger partial charge in [0.15, 0.2) is 0 Å². The van der Waals surface area contributed by atoms with Gasteiger partial charge in [-0.25, -0.2) is 8.42 Å². The van der Waals surface area contributed by atoms with Crippen LogP contribution in [-0.2, 0) is 21.2 Å². The highest BCUT2D eigenvalue weighted by Gasteiger charge is 2.26. The third-order valence-corrected chi connectivity index (χ3v) is 6.33. The van der Waals surface area contributed by atoms with Crippen LogP contribution in [0, 0.1) is 0 Å². The fourth-order valence-corrected chi connectivity index (χ4v) is 4.61. The molecule has 0 aliphatic rings. The summed E-state index contributed by atoms with van der Waals surface area (Å²) in [4.78, 5) is 13.0. The Morgan fingerprint density at radius 3 is 2.03 bits per heavy atom. The average molecular weight is 484 g/mol. The van der Waals surface area contributed by atoms with Gasteiger partial charge in [0, 0.05) is 20.8 Å². The number of halogens is 3. The van der Waals surface area contributed by atoms with Crippen molar-refractivity contribution in [2.24, 2.45) is 0 Å². The first kappa shape index (κ1) is 22.6. The van der Waals surface area contributed by atoms with Crippen LogP contribution < -0.4 is 10.0 Å². The topological polar surface area (TPSA) is 75.3 Å². The van der Waals surface area contributed by atoms with Crippen molar-refractivity contribution in [1.29, 1.82) is 0 Å². The van der Waals surface area contributed by atoms with Crippen LogP contribution >= 0.6 is 34.8 Å². The zero-order valence-electron chi connectivity index (χ0n) is 15.5. The van der Waals surface area contributed by atoms with E-state index in [0.29, 0.717) is 20.8 Å². The van der Waals surface area contributed by atoms with Crippen LogP contribution in [0.3, 0.4) is 0 Å². The van der Waals surface area contributed by atoms with Crippen LogP contribution in [0.5, 0.6) is 0 Å². The summed E-state index contributed by atoms with van der Waals surface area (Å²) in [6, 6.07) is 18.3. The highest BCUT2D eigenvalue weighted by Crippen LogP contribution is 2.23. The van der Waals surface area contributed by atoms with E-state index in [9.17, 15) is 13.2 Å². The predicted molar refractivity (Wildman–Crippen MR) is 121 cm³/mol. The van der Waals surface area contributed by atoms with Crippen molar-refractivity contribution in [2.45, 2.75) is 17.4 Å². The molecule has 1 amide bonds. The Morgan fingerprint density at radius 2 is 1.43 bits per heavy atom. The van der Waals surface area contributed by atoms with Crippen molar-refractivity contribution in [3.8, 4) is 0 Å². The molecule has 0 radical (unpaired) electrons. The van der Waals surface area contributed by atoms with Gasteiger partial charge >= 0.3 is 0 Å². The predicted octanol–water partition coefficient (Wildman–Crippen LogP) is 5.18.